The third-order valence-corrected chi connectivity index (χ3v) is 11.0. The minimum atomic E-state index is -4.54. The van der Waals surface area contributed by atoms with Crippen molar-refractivity contribution in [1.29, 1.82) is 0 Å². The number of benzene rings is 4. The second-order valence-corrected chi connectivity index (χ2v) is 14.5. The van der Waals surface area contributed by atoms with Crippen LogP contribution in [-0.4, -0.2) is 72.2 Å². The molecule has 0 bridgehead atoms. The summed E-state index contributed by atoms with van der Waals surface area (Å²) in [6, 6.07) is 21.7. The Labute approximate surface area is 315 Å². The molecule has 278 valence electrons. The van der Waals surface area contributed by atoms with Gasteiger partial charge in [-0.05, 0) is 60.9 Å². The van der Waals surface area contributed by atoms with Gasteiger partial charge < -0.3 is 29.2 Å². The normalized spacial score (nSPS) is 12.3. The molecule has 1 N–H and O–H groups in total. The van der Waals surface area contributed by atoms with Gasteiger partial charge in [0.1, 0.15) is 24.1 Å². The predicted molar refractivity (Wildman–Crippen MR) is 202 cm³/mol. The van der Waals surface area contributed by atoms with Crippen molar-refractivity contribution < 1.29 is 37.0 Å². The molecule has 0 fully saturated rings. The average molecular weight is 773 g/mol. The molecule has 2 amide bonds. The Hall–Kier alpha value is -4.65. The number of carbonyl (C=O) groups excluding carboxylic acids is 2. The van der Waals surface area contributed by atoms with Crippen LogP contribution >= 0.6 is 23.2 Å². The Morgan fingerprint density at radius 3 is 2.06 bits per heavy atom. The summed E-state index contributed by atoms with van der Waals surface area (Å²) in [5.74, 6) is -0.132. The molecule has 0 aliphatic heterocycles. The van der Waals surface area contributed by atoms with E-state index in [-0.39, 0.29) is 46.1 Å². The number of hydrogen-bond acceptors (Lipinski definition) is 8. The van der Waals surface area contributed by atoms with E-state index >= 15 is 0 Å². The summed E-state index contributed by atoms with van der Waals surface area (Å²) in [7, 11) is 1.11. The summed E-state index contributed by atoms with van der Waals surface area (Å²) in [5.41, 5.74) is 1.40. The van der Waals surface area contributed by atoms with Crippen molar-refractivity contribution in [2.24, 2.45) is 0 Å². The third kappa shape index (κ3) is 9.61. The van der Waals surface area contributed by atoms with Gasteiger partial charge in [0.2, 0.25) is 11.8 Å². The van der Waals surface area contributed by atoms with E-state index in [1.54, 1.807) is 30.3 Å². The van der Waals surface area contributed by atoms with Gasteiger partial charge >= 0.3 is 0 Å². The fourth-order valence-corrected chi connectivity index (χ4v) is 7.19. The van der Waals surface area contributed by atoms with Crippen LogP contribution in [-0.2, 0) is 32.6 Å². The number of hydrogen-bond donors (Lipinski definition) is 1. The van der Waals surface area contributed by atoms with Gasteiger partial charge in [0.25, 0.3) is 10.0 Å². The van der Waals surface area contributed by atoms with E-state index in [4.69, 9.17) is 42.1 Å². The minimum absolute atomic E-state index is 0.0307. The number of halogens is 2. The lowest BCUT2D eigenvalue weighted by Gasteiger charge is -2.34. The van der Waals surface area contributed by atoms with Crippen LogP contribution in [0.5, 0.6) is 23.0 Å². The van der Waals surface area contributed by atoms with Crippen molar-refractivity contribution in [1.82, 2.24) is 10.2 Å². The van der Waals surface area contributed by atoms with E-state index in [9.17, 15) is 18.0 Å². The molecule has 0 unspecified atom stereocenters. The largest absolute Gasteiger partial charge is 0.497 e. The number of rotatable bonds is 17. The highest BCUT2D eigenvalue weighted by atomic mass is 35.5. The van der Waals surface area contributed by atoms with Crippen LogP contribution in [0.2, 0.25) is 10.0 Å². The lowest BCUT2D eigenvalue weighted by molar-refractivity contribution is -0.140. The fraction of sp³-hybridized carbons (Fsp3) is 0.316. The van der Waals surface area contributed by atoms with Crippen molar-refractivity contribution in [3.8, 4) is 23.0 Å². The number of sulfonamides is 1. The Morgan fingerprint density at radius 2 is 1.44 bits per heavy atom. The van der Waals surface area contributed by atoms with Gasteiger partial charge in [-0.2, -0.15) is 0 Å². The van der Waals surface area contributed by atoms with Gasteiger partial charge in [0.05, 0.1) is 49.1 Å². The lowest BCUT2D eigenvalue weighted by atomic mass is 10.0. The van der Waals surface area contributed by atoms with E-state index < -0.39 is 34.4 Å². The second kappa shape index (κ2) is 18.2. The lowest BCUT2D eigenvalue weighted by Crippen LogP contribution is -2.54. The summed E-state index contributed by atoms with van der Waals surface area (Å²) >= 11 is 12.6. The maximum Gasteiger partial charge on any atom is 0.265 e. The molecule has 4 rings (SSSR count). The monoisotopic (exact) mass is 771 g/mol. The highest BCUT2D eigenvalue weighted by Crippen LogP contribution is 2.38. The predicted octanol–water partition coefficient (Wildman–Crippen LogP) is 6.78. The molecular weight excluding hydrogens is 729 g/mol. The standard InChI is InChI=1S/C38H43Cl2N3O8S/c1-7-25(2)41-38(45)33(20-26-11-9-8-10-12-26)42(23-27-13-16-30(39)31(40)19-27)37(44)24-43(32-21-28(48-3)14-17-34(32)49-4)52(46,47)29-15-18-35(50-5)36(22-29)51-6/h8-19,21-22,25,33H,7,20,23-24H2,1-6H3,(H,41,45)/t25-,33+/m1/s1. The first-order valence-corrected chi connectivity index (χ1v) is 18.6. The van der Waals surface area contributed by atoms with Crippen molar-refractivity contribution >= 4 is 50.7 Å². The molecule has 0 aliphatic rings. The number of nitrogens with zero attached hydrogens (tertiary/aromatic N) is 2. The van der Waals surface area contributed by atoms with E-state index in [1.165, 1.54) is 57.6 Å². The topological polar surface area (TPSA) is 124 Å². The van der Waals surface area contributed by atoms with Crippen molar-refractivity contribution in [2.75, 3.05) is 39.3 Å². The van der Waals surface area contributed by atoms with Gasteiger partial charge in [-0.25, -0.2) is 8.42 Å². The van der Waals surface area contributed by atoms with Crippen molar-refractivity contribution in [3.05, 3.63) is 106 Å². The maximum atomic E-state index is 14.9. The third-order valence-electron chi connectivity index (χ3n) is 8.49. The number of amides is 2. The smallest absolute Gasteiger partial charge is 0.265 e. The van der Waals surface area contributed by atoms with E-state index in [2.05, 4.69) is 5.32 Å². The molecule has 4 aromatic carbocycles. The molecule has 0 saturated heterocycles. The van der Waals surface area contributed by atoms with E-state index in [1.807, 2.05) is 44.2 Å². The molecule has 0 heterocycles. The first-order chi connectivity index (χ1) is 24.9. The molecule has 0 saturated carbocycles. The highest BCUT2D eigenvalue weighted by Gasteiger charge is 2.36. The van der Waals surface area contributed by atoms with Crippen LogP contribution in [0, 0.1) is 0 Å². The molecule has 2 atom stereocenters. The van der Waals surface area contributed by atoms with Crippen LogP contribution in [0.3, 0.4) is 0 Å². The summed E-state index contributed by atoms with van der Waals surface area (Å²) in [5, 5.41) is 3.59. The van der Waals surface area contributed by atoms with Crippen LogP contribution in [0.1, 0.15) is 31.4 Å². The maximum absolute atomic E-state index is 14.9. The van der Waals surface area contributed by atoms with Crippen LogP contribution in [0.4, 0.5) is 5.69 Å². The van der Waals surface area contributed by atoms with Gasteiger partial charge in [0.15, 0.2) is 11.5 Å². The molecule has 11 nitrogen and oxygen atoms in total. The summed E-state index contributed by atoms with van der Waals surface area (Å²) in [4.78, 5) is 30.2. The Morgan fingerprint density at radius 1 is 0.769 bits per heavy atom. The van der Waals surface area contributed by atoms with Gasteiger partial charge in [-0.1, -0.05) is 66.5 Å². The van der Waals surface area contributed by atoms with E-state index in [0.29, 0.717) is 28.5 Å². The number of nitrogens with one attached hydrogen (secondary N) is 1. The van der Waals surface area contributed by atoms with Crippen molar-refractivity contribution in [3.63, 3.8) is 0 Å². The second-order valence-electron chi connectivity index (χ2n) is 11.9. The quantitative estimate of drug-likeness (QED) is 0.125. The number of anilines is 1. The van der Waals surface area contributed by atoms with E-state index in [0.717, 1.165) is 9.87 Å². The number of methoxy groups -OCH3 is 4. The van der Waals surface area contributed by atoms with Crippen LogP contribution in [0.25, 0.3) is 0 Å². The van der Waals surface area contributed by atoms with Gasteiger partial charge in [0, 0.05) is 31.1 Å². The molecule has 14 heteroatoms. The molecule has 4 aromatic rings. The summed E-state index contributed by atoms with van der Waals surface area (Å²) in [6.45, 7) is 2.98. The molecule has 0 aromatic heterocycles. The average Bonchev–Trinajstić information content (AvgIpc) is 3.15. The number of carbonyl (C=O) groups is 2. The number of ether oxygens (including phenoxy) is 4. The molecule has 0 spiro atoms. The summed E-state index contributed by atoms with van der Waals surface area (Å²) < 4.78 is 52.1. The minimum Gasteiger partial charge on any atom is -0.497 e. The van der Waals surface area contributed by atoms with Gasteiger partial charge in [-0.3, -0.25) is 13.9 Å². The first-order valence-electron chi connectivity index (χ1n) is 16.4. The molecule has 0 aliphatic carbocycles. The van der Waals surface area contributed by atoms with Crippen LogP contribution < -0.4 is 28.6 Å². The van der Waals surface area contributed by atoms with Crippen molar-refractivity contribution in [2.45, 2.75) is 50.2 Å². The molecule has 52 heavy (non-hydrogen) atoms. The first kappa shape index (κ1) is 40.1. The zero-order chi connectivity index (χ0) is 38.0. The molecule has 0 radical (unpaired) electrons. The zero-order valence-corrected chi connectivity index (χ0v) is 32.2. The highest BCUT2D eigenvalue weighted by molar-refractivity contribution is 7.92. The Balaban J connectivity index is 1.92. The Kier molecular flexibility index (Phi) is 14.1. The fourth-order valence-electron chi connectivity index (χ4n) is 5.44. The van der Waals surface area contributed by atoms with Crippen LogP contribution in [0.15, 0.2) is 89.8 Å². The summed E-state index contributed by atoms with van der Waals surface area (Å²) in [6.07, 6.45) is 0.790. The SMILES string of the molecule is CC[C@@H](C)NC(=O)[C@H](Cc1ccccc1)N(Cc1ccc(Cl)c(Cl)c1)C(=O)CN(c1cc(OC)ccc1OC)S(=O)(=O)c1ccc(OC)c(OC)c1. The molecular formula is C38H43Cl2N3O8S. The van der Waals surface area contributed by atoms with Gasteiger partial charge in [-0.15, -0.1) is 0 Å². The zero-order valence-electron chi connectivity index (χ0n) is 29.9. The Bertz CT molecular complexity index is 1960.